The van der Waals surface area contributed by atoms with Crippen molar-refractivity contribution in [2.24, 2.45) is 0 Å². The summed E-state index contributed by atoms with van der Waals surface area (Å²) >= 11 is 0. The molecule has 2 N–H and O–H groups in total. The Hall–Kier alpha value is -3.24. The third kappa shape index (κ3) is 4.92. The lowest BCUT2D eigenvalue weighted by molar-refractivity contribution is 0.102. The molecule has 7 nitrogen and oxygen atoms in total. The van der Waals surface area contributed by atoms with E-state index in [9.17, 15) is 22.0 Å². The summed E-state index contributed by atoms with van der Waals surface area (Å²) in [6, 6.07) is 9.38. The van der Waals surface area contributed by atoms with Crippen molar-refractivity contribution >= 4 is 21.9 Å². The monoisotopic (exact) mass is 444 g/mol. The number of carbonyl (C=O) groups excluding carboxylic acids is 1. The number of aromatic nitrogens is 2. The molecule has 1 aromatic heterocycles. The zero-order chi connectivity index (χ0) is 22.0. The van der Waals surface area contributed by atoms with Crippen molar-refractivity contribution in [3.05, 3.63) is 83.2 Å². The fourth-order valence-electron chi connectivity index (χ4n) is 3.34. The van der Waals surface area contributed by atoms with E-state index in [1.807, 2.05) is 0 Å². The van der Waals surface area contributed by atoms with Gasteiger partial charge >= 0.3 is 0 Å². The summed E-state index contributed by atoms with van der Waals surface area (Å²) in [4.78, 5) is 20.7. The smallest absolute Gasteiger partial charge is 0.258 e. The number of nitrogens with zero attached hydrogens (tertiary/aromatic N) is 2. The van der Waals surface area contributed by atoms with Crippen LogP contribution >= 0.6 is 0 Å². The Bertz CT molecular complexity index is 1220. The molecule has 1 aliphatic carbocycles. The van der Waals surface area contributed by atoms with E-state index < -0.39 is 27.6 Å². The highest BCUT2D eigenvalue weighted by atomic mass is 32.2. The average molecular weight is 444 g/mol. The van der Waals surface area contributed by atoms with Gasteiger partial charge in [0.25, 0.3) is 5.91 Å². The van der Waals surface area contributed by atoms with Gasteiger partial charge in [-0.15, -0.1) is 0 Å². The van der Waals surface area contributed by atoms with Crippen molar-refractivity contribution in [3.8, 4) is 0 Å². The van der Waals surface area contributed by atoms with Gasteiger partial charge in [-0.25, -0.2) is 31.9 Å². The fourth-order valence-corrected chi connectivity index (χ4v) is 4.62. The lowest BCUT2D eigenvalue weighted by Gasteiger charge is -2.24. The number of hydrogen-bond donors (Lipinski definition) is 2. The normalized spacial score (nSPS) is 15.9. The van der Waals surface area contributed by atoms with Crippen LogP contribution < -0.4 is 10.0 Å². The molecule has 1 amide bonds. The van der Waals surface area contributed by atoms with Crippen molar-refractivity contribution in [2.45, 2.75) is 30.2 Å². The first-order valence-corrected chi connectivity index (χ1v) is 11.0. The van der Waals surface area contributed by atoms with Gasteiger partial charge in [-0.3, -0.25) is 10.1 Å². The Morgan fingerprint density at radius 2 is 1.65 bits per heavy atom. The summed E-state index contributed by atoms with van der Waals surface area (Å²) in [5.74, 6) is -1.28. The van der Waals surface area contributed by atoms with Crippen molar-refractivity contribution in [1.82, 2.24) is 14.7 Å². The largest absolute Gasteiger partial charge is 0.290 e. The molecule has 1 aliphatic rings. The molecule has 0 spiro atoms. The predicted octanol–water partition coefficient (Wildman–Crippen LogP) is 2.84. The first-order chi connectivity index (χ1) is 14.8. The molecule has 31 heavy (non-hydrogen) atoms. The summed E-state index contributed by atoms with van der Waals surface area (Å²) in [6.07, 6.45) is 2.95. The highest BCUT2D eigenvalue weighted by Crippen LogP contribution is 2.22. The molecular weight excluding hydrogens is 426 g/mol. The maximum atomic E-state index is 13.1. The summed E-state index contributed by atoms with van der Waals surface area (Å²) in [7, 11) is -3.78. The molecule has 0 radical (unpaired) electrons. The van der Waals surface area contributed by atoms with E-state index in [1.54, 1.807) is 6.20 Å². The molecule has 1 unspecified atom stereocenters. The Labute approximate surface area is 177 Å². The van der Waals surface area contributed by atoms with Crippen LogP contribution in [0.5, 0.6) is 0 Å². The van der Waals surface area contributed by atoms with Gasteiger partial charge in [0.2, 0.25) is 16.0 Å². The van der Waals surface area contributed by atoms with Gasteiger partial charge in [0.05, 0.1) is 4.90 Å². The van der Waals surface area contributed by atoms with Gasteiger partial charge in [-0.05, 0) is 73.4 Å². The quantitative estimate of drug-likeness (QED) is 0.630. The summed E-state index contributed by atoms with van der Waals surface area (Å²) in [6.45, 7) is 0. The Kier molecular flexibility index (Phi) is 5.75. The Morgan fingerprint density at radius 3 is 2.32 bits per heavy atom. The highest BCUT2D eigenvalue weighted by molar-refractivity contribution is 7.89. The van der Waals surface area contributed by atoms with Crippen molar-refractivity contribution < 1.29 is 22.0 Å². The van der Waals surface area contributed by atoms with Crippen LogP contribution in [0.15, 0.2) is 59.6 Å². The lowest BCUT2D eigenvalue weighted by atomic mass is 9.94. The second-order valence-corrected chi connectivity index (χ2v) is 8.86. The van der Waals surface area contributed by atoms with E-state index in [0.29, 0.717) is 19.3 Å². The van der Waals surface area contributed by atoms with Crippen LogP contribution in [0.3, 0.4) is 0 Å². The van der Waals surface area contributed by atoms with Crippen LogP contribution in [-0.4, -0.2) is 30.3 Å². The number of halogens is 2. The molecule has 0 fully saturated rings. The summed E-state index contributed by atoms with van der Waals surface area (Å²) in [5.41, 5.74) is 1.78. The van der Waals surface area contributed by atoms with E-state index in [4.69, 9.17) is 0 Å². The number of benzene rings is 2. The fraction of sp³-hybridized carbons (Fsp3) is 0.190. The number of sulfonamides is 1. The topological polar surface area (TPSA) is 101 Å². The average Bonchev–Trinajstić information content (AvgIpc) is 2.74. The van der Waals surface area contributed by atoms with E-state index in [2.05, 4.69) is 20.0 Å². The molecule has 0 bridgehead atoms. The predicted molar refractivity (Wildman–Crippen MR) is 109 cm³/mol. The third-order valence-corrected chi connectivity index (χ3v) is 6.46. The maximum Gasteiger partial charge on any atom is 0.258 e. The Balaban J connectivity index is 1.43. The minimum Gasteiger partial charge on any atom is -0.290 e. The standard InChI is InChI=1S/C21H18F2N4O3S/c22-15-3-1-13(2-4-15)20(28)26-21-24-12-14-11-17(7-10-19(14)25-21)27-31(29,30)18-8-5-16(23)6-9-18/h1-6,8-9,12,17,27H,7,10-11H2,(H,24,25,26,28). The number of fused-ring (bicyclic) bond motifs is 1. The van der Waals surface area contributed by atoms with Gasteiger partial charge in [-0.2, -0.15) is 0 Å². The molecular formula is C21H18F2N4O3S. The second-order valence-electron chi connectivity index (χ2n) is 7.14. The first kappa shape index (κ1) is 21.0. The minimum absolute atomic E-state index is 0.00481. The van der Waals surface area contributed by atoms with Crippen molar-refractivity contribution in [1.29, 1.82) is 0 Å². The van der Waals surface area contributed by atoms with E-state index in [-0.39, 0.29) is 22.4 Å². The van der Waals surface area contributed by atoms with Gasteiger partial charge in [0.15, 0.2) is 0 Å². The van der Waals surface area contributed by atoms with Crippen molar-refractivity contribution in [2.75, 3.05) is 5.32 Å². The van der Waals surface area contributed by atoms with Crippen molar-refractivity contribution in [3.63, 3.8) is 0 Å². The lowest BCUT2D eigenvalue weighted by Crippen LogP contribution is -2.39. The van der Waals surface area contributed by atoms with Gasteiger partial charge < -0.3 is 0 Å². The van der Waals surface area contributed by atoms with Crippen LogP contribution in [0.4, 0.5) is 14.7 Å². The molecule has 10 heteroatoms. The number of aryl methyl sites for hydroxylation is 1. The number of nitrogens with one attached hydrogen (secondary N) is 2. The maximum absolute atomic E-state index is 13.1. The highest BCUT2D eigenvalue weighted by Gasteiger charge is 2.26. The molecule has 3 aromatic rings. The zero-order valence-electron chi connectivity index (χ0n) is 16.2. The molecule has 4 rings (SSSR count). The molecule has 1 atom stereocenters. The van der Waals surface area contributed by atoms with Crippen LogP contribution in [0.25, 0.3) is 0 Å². The number of rotatable bonds is 5. The zero-order valence-corrected chi connectivity index (χ0v) is 17.0. The summed E-state index contributed by atoms with van der Waals surface area (Å²) in [5, 5.41) is 2.58. The first-order valence-electron chi connectivity index (χ1n) is 9.50. The molecule has 0 aliphatic heterocycles. The summed E-state index contributed by atoms with van der Waals surface area (Å²) < 4.78 is 53.7. The second kappa shape index (κ2) is 8.48. The number of anilines is 1. The van der Waals surface area contributed by atoms with Crippen LogP contribution in [0.1, 0.15) is 28.0 Å². The Morgan fingerprint density at radius 1 is 1.00 bits per heavy atom. The van der Waals surface area contributed by atoms with Gasteiger partial charge in [-0.1, -0.05) is 0 Å². The van der Waals surface area contributed by atoms with Gasteiger partial charge in [0, 0.05) is 23.5 Å². The third-order valence-electron chi connectivity index (χ3n) is 4.93. The van der Waals surface area contributed by atoms with E-state index >= 15 is 0 Å². The minimum atomic E-state index is -3.78. The SMILES string of the molecule is O=C(Nc1ncc2c(n1)CCC(NS(=O)(=O)c1ccc(F)cc1)C2)c1ccc(F)cc1. The molecule has 0 saturated heterocycles. The van der Waals surface area contributed by atoms with Crippen LogP contribution in [0.2, 0.25) is 0 Å². The van der Waals surface area contributed by atoms with Crippen LogP contribution in [-0.2, 0) is 22.9 Å². The molecule has 160 valence electrons. The molecule has 1 heterocycles. The molecule has 2 aromatic carbocycles. The molecule has 0 saturated carbocycles. The number of amides is 1. The number of carbonyl (C=O) groups is 1. The van der Waals surface area contributed by atoms with E-state index in [1.165, 1.54) is 36.4 Å². The van der Waals surface area contributed by atoms with Gasteiger partial charge in [0.1, 0.15) is 11.6 Å². The van der Waals surface area contributed by atoms with E-state index in [0.717, 1.165) is 23.4 Å². The number of hydrogen-bond acceptors (Lipinski definition) is 5. The van der Waals surface area contributed by atoms with Crippen LogP contribution in [0, 0.1) is 11.6 Å².